The van der Waals surface area contributed by atoms with E-state index in [-0.39, 0.29) is 0 Å². The van der Waals surface area contributed by atoms with Crippen molar-refractivity contribution in [3.63, 3.8) is 0 Å². The lowest BCUT2D eigenvalue weighted by atomic mass is 10.0. The number of nitrogens with zero attached hydrogens (tertiary/aromatic N) is 3. The molecular formula is C16H20ClN3O. The zero-order valence-electron chi connectivity index (χ0n) is 12.3. The van der Waals surface area contributed by atoms with Gasteiger partial charge in [0.25, 0.3) is 0 Å². The zero-order chi connectivity index (χ0) is 15.0. The SMILES string of the molecule is Cc1cc(C)n(C2CN(C[C@H](O)c3ccccc3Cl)C2)n1. The molecule has 1 atom stereocenters. The van der Waals surface area contributed by atoms with Crippen molar-refractivity contribution < 1.29 is 5.11 Å². The van der Waals surface area contributed by atoms with Gasteiger partial charge in [0.15, 0.2) is 0 Å². The Labute approximate surface area is 130 Å². The molecule has 0 bridgehead atoms. The van der Waals surface area contributed by atoms with Crippen LogP contribution in [0.2, 0.25) is 5.02 Å². The highest BCUT2D eigenvalue weighted by Gasteiger charge is 2.31. The lowest BCUT2D eigenvalue weighted by molar-refractivity contribution is 0.0394. The quantitative estimate of drug-likeness (QED) is 0.944. The number of benzene rings is 1. The van der Waals surface area contributed by atoms with Crippen LogP contribution in [0, 0.1) is 13.8 Å². The first-order chi connectivity index (χ1) is 10.0. The molecule has 0 spiro atoms. The molecule has 0 aliphatic carbocycles. The van der Waals surface area contributed by atoms with Gasteiger partial charge in [0.1, 0.15) is 0 Å². The van der Waals surface area contributed by atoms with Crippen LogP contribution in [-0.4, -0.2) is 39.4 Å². The van der Waals surface area contributed by atoms with E-state index in [0.717, 1.165) is 24.3 Å². The standard InChI is InChI=1S/C16H20ClN3O/c1-11-7-12(2)20(18-11)13-8-19(9-13)10-16(21)14-5-3-4-6-15(14)17/h3-7,13,16,21H,8-10H2,1-2H3/t16-/m0/s1. The van der Waals surface area contributed by atoms with Gasteiger partial charge >= 0.3 is 0 Å². The highest BCUT2D eigenvalue weighted by molar-refractivity contribution is 6.31. The number of aromatic nitrogens is 2. The van der Waals surface area contributed by atoms with Gasteiger partial charge in [-0.25, -0.2) is 0 Å². The molecule has 0 saturated carbocycles. The minimum atomic E-state index is -0.542. The third-order valence-electron chi connectivity index (χ3n) is 4.02. The molecule has 0 unspecified atom stereocenters. The summed E-state index contributed by atoms with van der Waals surface area (Å²) in [5, 5.41) is 15.5. The second-order valence-corrected chi connectivity index (χ2v) is 6.19. The van der Waals surface area contributed by atoms with E-state index in [1.54, 1.807) is 0 Å². The fraction of sp³-hybridized carbons (Fsp3) is 0.438. The lowest BCUT2D eigenvalue weighted by Crippen LogP contribution is -2.49. The molecule has 21 heavy (non-hydrogen) atoms. The summed E-state index contributed by atoms with van der Waals surface area (Å²) in [6.07, 6.45) is -0.542. The van der Waals surface area contributed by atoms with E-state index in [1.165, 1.54) is 5.69 Å². The lowest BCUT2D eigenvalue weighted by Gasteiger charge is -2.40. The second-order valence-electron chi connectivity index (χ2n) is 5.78. The van der Waals surface area contributed by atoms with Gasteiger partial charge in [-0.2, -0.15) is 5.10 Å². The maximum atomic E-state index is 10.3. The number of hydrogen-bond acceptors (Lipinski definition) is 3. The van der Waals surface area contributed by atoms with Crippen molar-refractivity contribution in [2.24, 2.45) is 0 Å². The van der Waals surface area contributed by atoms with E-state index in [1.807, 2.05) is 31.2 Å². The molecule has 1 aliphatic rings. The summed E-state index contributed by atoms with van der Waals surface area (Å²) in [6, 6.07) is 9.99. The first-order valence-electron chi connectivity index (χ1n) is 7.22. The Morgan fingerprint density at radius 1 is 1.33 bits per heavy atom. The van der Waals surface area contributed by atoms with Crippen LogP contribution in [0.25, 0.3) is 0 Å². The summed E-state index contributed by atoms with van der Waals surface area (Å²) in [5.74, 6) is 0. The Morgan fingerprint density at radius 2 is 2.05 bits per heavy atom. The van der Waals surface area contributed by atoms with Crippen molar-refractivity contribution >= 4 is 11.6 Å². The van der Waals surface area contributed by atoms with E-state index in [9.17, 15) is 5.11 Å². The molecule has 112 valence electrons. The average molecular weight is 306 g/mol. The molecule has 4 nitrogen and oxygen atoms in total. The van der Waals surface area contributed by atoms with Gasteiger partial charge in [-0.05, 0) is 26.0 Å². The van der Waals surface area contributed by atoms with Crippen molar-refractivity contribution in [3.05, 3.63) is 52.3 Å². The third kappa shape index (κ3) is 2.98. The molecule has 2 aromatic rings. The summed E-state index contributed by atoms with van der Waals surface area (Å²) in [6.45, 7) is 6.55. The summed E-state index contributed by atoms with van der Waals surface area (Å²) in [4.78, 5) is 2.23. The molecule has 0 amide bonds. The van der Waals surface area contributed by atoms with E-state index in [0.29, 0.717) is 17.6 Å². The first-order valence-corrected chi connectivity index (χ1v) is 7.60. The van der Waals surface area contributed by atoms with Crippen molar-refractivity contribution in [1.82, 2.24) is 14.7 Å². The minimum Gasteiger partial charge on any atom is -0.387 e. The first kappa shape index (κ1) is 14.6. The molecule has 3 rings (SSSR count). The maximum absolute atomic E-state index is 10.3. The monoisotopic (exact) mass is 305 g/mol. The van der Waals surface area contributed by atoms with Gasteiger partial charge < -0.3 is 5.11 Å². The Hall–Kier alpha value is -1.36. The predicted octanol–water partition coefficient (Wildman–Crippen LogP) is 2.74. The minimum absolute atomic E-state index is 0.414. The molecule has 1 aliphatic heterocycles. The summed E-state index contributed by atoms with van der Waals surface area (Å²) in [7, 11) is 0. The third-order valence-corrected chi connectivity index (χ3v) is 4.37. The number of aryl methyl sites for hydroxylation is 2. The largest absolute Gasteiger partial charge is 0.387 e. The molecule has 1 N–H and O–H groups in total. The van der Waals surface area contributed by atoms with Crippen LogP contribution in [0.3, 0.4) is 0 Å². The Bertz CT molecular complexity index is 634. The Morgan fingerprint density at radius 3 is 2.67 bits per heavy atom. The van der Waals surface area contributed by atoms with Crippen molar-refractivity contribution in [3.8, 4) is 0 Å². The molecule has 2 heterocycles. The molecule has 0 radical (unpaired) electrons. The van der Waals surface area contributed by atoms with Crippen molar-refractivity contribution in [1.29, 1.82) is 0 Å². The van der Waals surface area contributed by atoms with E-state index < -0.39 is 6.10 Å². The number of likely N-dealkylation sites (tertiary alicyclic amines) is 1. The van der Waals surface area contributed by atoms with Gasteiger partial charge in [0, 0.05) is 35.9 Å². The van der Waals surface area contributed by atoms with E-state index in [4.69, 9.17) is 11.6 Å². The molecule has 1 aromatic carbocycles. The second kappa shape index (κ2) is 5.79. The summed E-state index contributed by atoms with van der Waals surface area (Å²) < 4.78 is 2.09. The Kier molecular flexibility index (Phi) is 4.02. The Balaban J connectivity index is 1.58. The summed E-state index contributed by atoms with van der Waals surface area (Å²) >= 11 is 6.12. The average Bonchev–Trinajstić information content (AvgIpc) is 2.72. The molecular weight excluding hydrogens is 286 g/mol. The fourth-order valence-electron chi connectivity index (χ4n) is 2.95. The number of hydrogen-bond donors (Lipinski definition) is 1. The van der Waals surface area contributed by atoms with Crippen molar-refractivity contribution in [2.75, 3.05) is 19.6 Å². The van der Waals surface area contributed by atoms with Gasteiger partial charge in [-0.15, -0.1) is 0 Å². The number of β-amino-alcohol motifs (C(OH)–C–C–N with tert-alkyl or cyclic N) is 1. The van der Waals surface area contributed by atoms with E-state index in [2.05, 4.69) is 27.7 Å². The number of aliphatic hydroxyl groups excluding tert-OH is 1. The van der Waals surface area contributed by atoms with Crippen LogP contribution in [0.5, 0.6) is 0 Å². The number of halogens is 1. The number of rotatable bonds is 4. The molecule has 5 heteroatoms. The zero-order valence-corrected chi connectivity index (χ0v) is 13.1. The topological polar surface area (TPSA) is 41.3 Å². The molecule has 1 fully saturated rings. The van der Waals surface area contributed by atoms with Gasteiger partial charge in [0.2, 0.25) is 0 Å². The van der Waals surface area contributed by atoms with Crippen LogP contribution in [0.4, 0.5) is 0 Å². The van der Waals surface area contributed by atoms with E-state index >= 15 is 0 Å². The van der Waals surface area contributed by atoms with Gasteiger partial charge in [-0.1, -0.05) is 29.8 Å². The highest BCUT2D eigenvalue weighted by atomic mass is 35.5. The smallest absolute Gasteiger partial charge is 0.0931 e. The highest BCUT2D eigenvalue weighted by Crippen LogP contribution is 2.28. The van der Waals surface area contributed by atoms with Crippen molar-refractivity contribution in [2.45, 2.75) is 26.0 Å². The predicted molar refractivity (Wildman–Crippen MR) is 83.6 cm³/mol. The molecule has 1 saturated heterocycles. The summed E-state index contributed by atoms with van der Waals surface area (Å²) in [5.41, 5.74) is 3.06. The molecule has 1 aromatic heterocycles. The van der Waals surface area contributed by atoms with Crippen LogP contribution < -0.4 is 0 Å². The fourth-order valence-corrected chi connectivity index (χ4v) is 3.21. The van der Waals surface area contributed by atoms with Crippen LogP contribution >= 0.6 is 11.6 Å². The maximum Gasteiger partial charge on any atom is 0.0931 e. The normalized spacial score (nSPS) is 17.7. The van der Waals surface area contributed by atoms with Crippen LogP contribution in [-0.2, 0) is 0 Å². The van der Waals surface area contributed by atoms with Gasteiger partial charge in [-0.3, -0.25) is 9.58 Å². The van der Waals surface area contributed by atoms with Crippen LogP contribution in [0.1, 0.15) is 29.1 Å². The number of aliphatic hydroxyl groups is 1. The van der Waals surface area contributed by atoms with Crippen LogP contribution in [0.15, 0.2) is 30.3 Å². The van der Waals surface area contributed by atoms with Gasteiger partial charge in [0.05, 0.1) is 17.8 Å².